The van der Waals surface area contributed by atoms with Gasteiger partial charge in [-0.15, -0.1) is 0 Å². The molecular weight excluding hydrogens is 440 g/mol. The van der Waals surface area contributed by atoms with Gasteiger partial charge >= 0.3 is 0 Å². The highest BCUT2D eigenvalue weighted by Crippen LogP contribution is 2.33. The Hall–Kier alpha value is -2.88. The summed E-state index contributed by atoms with van der Waals surface area (Å²) in [4.78, 5) is 10.2. The van der Waals surface area contributed by atoms with Gasteiger partial charge in [-0.1, -0.05) is 63.6 Å². The third kappa shape index (κ3) is 9.29. The monoisotopic (exact) mass is 486 g/mol. The van der Waals surface area contributed by atoms with E-state index in [1.54, 1.807) is 0 Å². The number of aliphatic imine (C=N–C) groups is 1. The largest absolute Gasteiger partial charge is 0.383 e. The summed E-state index contributed by atoms with van der Waals surface area (Å²) in [7, 11) is 0. The van der Waals surface area contributed by atoms with Gasteiger partial charge in [0, 0.05) is 41.3 Å². The molecule has 1 aromatic heterocycles. The molecule has 4 heteroatoms. The van der Waals surface area contributed by atoms with E-state index in [1.807, 2.05) is 6.20 Å². The summed E-state index contributed by atoms with van der Waals surface area (Å²) in [5, 5.41) is 7.12. The minimum atomic E-state index is 0.318. The lowest BCUT2D eigenvalue weighted by Crippen LogP contribution is -2.25. The zero-order valence-electron chi connectivity index (χ0n) is 23.1. The highest BCUT2D eigenvalue weighted by atomic mass is 15.0. The van der Waals surface area contributed by atoms with E-state index in [0.29, 0.717) is 12.0 Å². The summed E-state index contributed by atoms with van der Waals surface area (Å²) in [5.74, 6) is 2.42. The fraction of sp³-hybridized carbons (Fsp3) is 0.500. The molecule has 2 N–H and O–H groups in total. The van der Waals surface area contributed by atoms with Crippen LogP contribution in [0.4, 0.5) is 0 Å². The number of benzene rings is 1. The van der Waals surface area contributed by atoms with E-state index in [-0.39, 0.29) is 0 Å². The third-order valence-corrected chi connectivity index (χ3v) is 6.71. The second-order valence-electron chi connectivity index (χ2n) is 10.9. The van der Waals surface area contributed by atoms with Crippen LogP contribution >= 0.6 is 0 Å². The van der Waals surface area contributed by atoms with Gasteiger partial charge in [-0.3, -0.25) is 4.98 Å². The number of rotatable bonds is 15. The van der Waals surface area contributed by atoms with Gasteiger partial charge in [0.2, 0.25) is 0 Å². The van der Waals surface area contributed by atoms with Gasteiger partial charge in [0.05, 0.1) is 5.71 Å². The SMILES string of the molecule is C=C(NC(C)C)/C(C)=C(/N=C(CCc1ccccc1)c1cccnc1CCC1CC1)NCCC(C)C. The first kappa shape index (κ1) is 27.7. The van der Waals surface area contributed by atoms with E-state index < -0.39 is 0 Å². The van der Waals surface area contributed by atoms with Crippen LogP contribution in [-0.4, -0.2) is 23.3 Å². The molecule has 1 saturated carbocycles. The van der Waals surface area contributed by atoms with E-state index in [0.717, 1.165) is 60.9 Å². The molecule has 1 aliphatic carbocycles. The summed E-state index contributed by atoms with van der Waals surface area (Å²) >= 11 is 0. The molecule has 1 aromatic carbocycles. The first-order valence-corrected chi connectivity index (χ1v) is 13.8. The maximum atomic E-state index is 5.33. The number of allylic oxidation sites excluding steroid dienone is 1. The Morgan fingerprint density at radius 2 is 1.81 bits per heavy atom. The zero-order chi connectivity index (χ0) is 25.9. The van der Waals surface area contributed by atoms with E-state index >= 15 is 0 Å². The van der Waals surface area contributed by atoms with Gasteiger partial charge < -0.3 is 10.6 Å². The van der Waals surface area contributed by atoms with Crippen LogP contribution in [-0.2, 0) is 12.8 Å². The summed E-state index contributed by atoms with van der Waals surface area (Å²) in [6, 6.07) is 15.3. The van der Waals surface area contributed by atoms with Crippen molar-refractivity contribution >= 4 is 5.71 Å². The van der Waals surface area contributed by atoms with Crippen molar-refractivity contribution in [3.05, 3.63) is 89.2 Å². The maximum absolute atomic E-state index is 5.33. The number of aromatic nitrogens is 1. The Labute approximate surface area is 219 Å². The number of aryl methyl sites for hydroxylation is 2. The Morgan fingerprint density at radius 3 is 2.47 bits per heavy atom. The molecule has 0 bridgehead atoms. The van der Waals surface area contributed by atoms with Crippen LogP contribution in [0.15, 0.2) is 77.3 Å². The Balaban J connectivity index is 1.98. The Kier molecular flexibility index (Phi) is 10.8. The molecule has 0 unspecified atom stereocenters. The molecule has 0 aliphatic heterocycles. The van der Waals surface area contributed by atoms with E-state index in [4.69, 9.17) is 9.98 Å². The Morgan fingerprint density at radius 1 is 1.06 bits per heavy atom. The normalized spacial score (nSPS) is 14.7. The molecule has 3 rings (SSSR count). The van der Waals surface area contributed by atoms with Crippen LogP contribution in [0.2, 0.25) is 0 Å². The van der Waals surface area contributed by atoms with Crippen LogP contribution in [0.3, 0.4) is 0 Å². The number of nitrogens with zero attached hydrogens (tertiary/aromatic N) is 2. The minimum Gasteiger partial charge on any atom is -0.383 e. The van der Waals surface area contributed by atoms with Crippen molar-refractivity contribution in [3.63, 3.8) is 0 Å². The molecular formula is C32H46N4. The summed E-state index contributed by atoms with van der Waals surface area (Å²) in [6.07, 6.45) is 9.80. The minimum absolute atomic E-state index is 0.318. The van der Waals surface area contributed by atoms with Crippen molar-refractivity contribution in [1.82, 2.24) is 15.6 Å². The van der Waals surface area contributed by atoms with Crippen LogP contribution in [0.1, 0.15) is 83.5 Å². The van der Waals surface area contributed by atoms with Crippen molar-refractivity contribution in [2.75, 3.05) is 6.54 Å². The molecule has 0 amide bonds. The summed E-state index contributed by atoms with van der Waals surface area (Å²) in [6.45, 7) is 16.1. The zero-order valence-corrected chi connectivity index (χ0v) is 23.1. The highest BCUT2D eigenvalue weighted by molar-refractivity contribution is 6.02. The van der Waals surface area contributed by atoms with Gasteiger partial charge in [0.1, 0.15) is 5.82 Å². The average molecular weight is 487 g/mol. The maximum Gasteiger partial charge on any atom is 0.131 e. The molecule has 1 fully saturated rings. The molecule has 4 nitrogen and oxygen atoms in total. The highest BCUT2D eigenvalue weighted by Gasteiger charge is 2.22. The lowest BCUT2D eigenvalue weighted by molar-refractivity contribution is 0.560. The quantitative estimate of drug-likeness (QED) is 0.206. The van der Waals surface area contributed by atoms with Gasteiger partial charge in [0.25, 0.3) is 0 Å². The molecule has 0 radical (unpaired) electrons. The van der Waals surface area contributed by atoms with Crippen molar-refractivity contribution < 1.29 is 0 Å². The van der Waals surface area contributed by atoms with Gasteiger partial charge in [-0.2, -0.15) is 0 Å². The predicted molar refractivity (Wildman–Crippen MR) is 154 cm³/mol. The van der Waals surface area contributed by atoms with Crippen molar-refractivity contribution in [1.29, 1.82) is 0 Å². The molecule has 194 valence electrons. The number of hydrogen-bond donors (Lipinski definition) is 2. The average Bonchev–Trinajstić information content (AvgIpc) is 3.69. The van der Waals surface area contributed by atoms with Crippen LogP contribution in [0.25, 0.3) is 0 Å². The van der Waals surface area contributed by atoms with Crippen molar-refractivity contribution in [3.8, 4) is 0 Å². The standard InChI is InChI=1S/C32H46N4/c1-23(2)20-22-34-32(25(5)26(6)35-24(3)4)36-31(19-17-27-11-8-7-9-12-27)29-13-10-21-33-30(29)18-16-28-14-15-28/h7-13,21,23-24,28,34-35H,6,14-20,22H2,1-5H3/b32-25+,36-31?. The van der Waals surface area contributed by atoms with Crippen molar-refractivity contribution in [2.24, 2.45) is 16.8 Å². The smallest absolute Gasteiger partial charge is 0.131 e. The lowest BCUT2D eigenvalue weighted by Gasteiger charge is -2.19. The fourth-order valence-electron chi connectivity index (χ4n) is 4.28. The number of pyridine rings is 1. The number of nitrogens with one attached hydrogen (secondary N) is 2. The predicted octanol–water partition coefficient (Wildman–Crippen LogP) is 7.23. The van der Waals surface area contributed by atoms with Crippen molar-refractivity contribution in [2.45, 2.75) is 85.6 Å². The molecule has 36 heavy (non-hydrogen) atoms. The van der Waals surface area contributed by atoms with E-state index in [2.05, 4.69) is 94.3 Å². The molecule has 1 heterocycles. The van der Waals surface area contributed by atoms with Gasteiger partial charge in [0.15, 0.2) is 0 Å². The van der Waals surface area contributed by atoms with Crippen LogP contribution < -0.4 is 10.6 Å². The molecule has 0 spiro atoms. The molecule has 0 atom stereocenters. The lowest BCUT2D eigenvalue weighted by atomic mass is 9.98. The number of hydrogen-bond acceptors (Lipinski definition) is 4. The van der Waals surface area contributed by atoms with E-state index in [9.17, 15) is 0 Å². The Bertz CT molecular complexity index is 1030. The topological polar surface area (TPSA) is 49.3 Å². The summed E-state index contributed by atoms with van der Waals surface area (Å²) in [5.41, 5.74) is 6.77. The van der Waals surface area contributed by atoms with E-state index in [1.165, 1.54) is 36.1 Å². The van der Waals surface area contributed by atoms with Gasteiger partial charge in [-0.25, -0.2) is 4.99 Å². The fourth-order valence-corrected chi connectivity index (χ4v) is 4.28. The first-order valence-electron chi connectivity index (χ1n) is 13.8. The molecule has 0 saturated heterocycles. The third-order valence-electron chi connectivity index (χ3n) is 6.71. The summed E-state index contributed by atoms with van der Waals surface area (Å²) < 4.78 is 0. The molecule has 1 aliphatic rings. The second-order valence-corrected chi connectivity index (χ2v) is 10.9. The van der Waals surface area contributed by atoms with Crippen LogP contribution in [0, 0.1) is 11.8 Å². The van der Waals surface area contributed by atoms with Gasteiger partial charge in [-0.05, 0) is 82.4 Å². The first-order chi connectivity index (χ1) is 17.3. The molecule has 2 aromatic rings. The van der Waals surface area contributed by atoms with Crippen LogP contribution in [0.5, 0.6) is 0 Å². The second kappa shape index (κ2) is 14.0.